The van der Waals surface area contributed by atoms with Gasteiger partial charge in [-0.25, -0.2) is 0 Å². The van der Waals surface area contributed by atoms with Crippen molar-refractivity contribution in [2.45, 2.75) is 13.1 Å². The second kappa shape index (κ2) is 2.58. The largest absolute Gasteiger partial charge is 0.423 e. The smallest absolute Gasteiger partial charge is 0.165 e. The molecule has 0 atom stereocenters. The minimum Gasteiger partial charge on any atom is -0.165 e. The summed E-state index contributed by atoms with van der Waals surface area (Å²) < 4.78 is 34.5. The first-order valence-electron chi connectivity index (χ1n) is 2.22. The first kappa shape index (κ1) is 8.09. The van der Waals surface area contributed by atoms with E-state index in [1.54, 1.807) is 0 Å². The normalized spacial score (nSPS) is 13.0. The van der Waals surface area contributed by atoms with Crippen LogP contribution >= 0.6 is 0 Å². The molecule has 0 fully saturated rings. The summed E-state index contributed by atoms with van der Waals surface area (Å²) in [7, 11) is 0. The molecule has 0 unspecified atom stereocenters. The second-order valence-electron chi connectivity index (χ2n) is 1.34. The van der Waals surface area contributed by atoms with E-state index in [1.807, 2.05) is 0 Å². The Morgan fingerprint density at radius 1 is 1.56 bits per heavy atom. The zero-order valence-corrected chi connectivity index (χ0v) is 4.79. The molecule has 50 valence electrons. The van der Waals surface area contributed by atoms with Crippen molar-refractivity contribution in [3.05, 3.63) is 11.6 Å². The van der Waals surface area contributed by atoms with Gasteiger partial charge in [0.15, 0.2) is 0 Å². The molecule has 0 rings (SSSR count). The lowest BCUT2D eigenvalue weighted by Crippen LogP contribution is -2.09. The van der Waals surface area contributed by atoms with Crippen LogP contribution in [-0.4, -0.2) is 6.18 Å². The van der Waals surface area contributed by atoms with Crippen LogP contribution in [0.15, 0.2) is 11.6 Å². The standard InChI is InChI=1S/C6H5F3/c1-3-5(4-2)6(7,8)9/h1,4H,2H3/b5-4+. The summed E-state index contributed by atoms with van der Waals surface area (Å²) >= 11 is 0. The maximum absolute atomic E-state index is 11.5. The third kappa shape index (κ3) is 2.22. The van der Waals surface area contributed by atoms with Gasteiger partial charge in [0.05, 0.1) is 0 Å². The maximum atomic E-state index is 11.5. The predicted molar refractivity (Wildman–Crippen MR) is 28.6 cm³/mol. The summed E-state index contributed by atoms with van der Waals surface area (Å²) in [4.78, 5) is 0. The number of hydrogen-bond donors (Lipinski definition) is 0. The Morgan fingerprint density at radius 2 is 2.00 bits per heavy atom. The minimum absolute atomic E-state index is 0.861. The van der Waals surface area contributed by atoms with Crippen LogP contribution in [0.4, 0.5) is 13.2 Å². The molecule has 9 heavy (non-hydrogen) atoms. The van der Waals surface area contributed by atoms with Crippen LogP contribution in [0.2, 0.25) is 0 Å². The quantitative estimate of drug-likeness (QED) is 0.445. The molecule has 0 aliphatic rings. The Kier molecular flexibility index (Phi) is 2.32. The van der Waals surface area contributed by atoms with Gasteiger partial charge in [0.1, 0.15) is 5.57 Å². The van der Waals surface area contributed by atoms with E-state index in [2.05, 4.69) is 6.42 Å². The van der Waals surface area contributed by atoms with Gasteiger partial charge < -0.3 is 0 Å². The van der Waals surface area contributed by atoms with E-state index in [4.69, 9.17) is 0 Å². The average molecular weight is 134 g/mol. The molecule has 0 heterocycles. The summed E-state index contributed by atoms with van der Waals surface area (Å²) in [6.45, 7) is 1.25. The number of terminal acetylenes is 1. The molecule has 0 N–H and O–H groups in total. The minimum atomic E-state index is -4.36. The van der Waals surface area contributed by atoms with Crippen molar-refractivity contribution in [3.63, 3.8) is 0 Å². The summed E-state index contributed by atoms with van der Waals surface area (Å²) in [6.07, 6.45) is 1.03. The van der Waals surface area contributed by atoms with Crippen molar-refractivity contribution < 1.29 is 13.2 Å². The molecule has 0 bridgehead atoms. The van der Waals surface area contributed by atoms with Crippen molar-refractivity contribution >= 4 is 0 Å². The highest BCUT2D eigenvalue weighted by molar-refractivity contribution is 5.28. The second-order valence-corrected chi connectivity index (χ2v) is 1.34. The van der Waals surface area contributed by atoms with Crippen LogP contribution in [0.3, 0.4) is 0 Å². The van der Waals surface area contributed by atoms with Gasteiger partial charge in [0, 0.05) is 0 Å². The summed E-state index contributed by atoms with van der Waals surface area (Å²) in [5.74, 6) is 1.53. The average Bonchev–Trinajstić information content (AvgIpc) is 1.65. The van der Waals surface area contributed by atoms with E-state index in [0.29, 0.717) is 0 Å². The van der Waals surface area contributed by atoms with Gasteiger partial charge in [0.2, 0.25) is 0 Å². The van der Waals surface area contributed by atoms with Gasteiger partial charge in [-0.1, -0.05) is 12.0 Å². The predicted octanol–water partition coefficient (Wildman–Crippen LogP) is 2.13. The fourth-order valence-corrected chi connectivity index (χ4v) is 0.329. The van der Waals surface area contributed by atoms with E-state index >= 15 is 0 Å². The van der Waals surface area contributed by atoms with E-state index in [-0.39, 0.29) is 0 Å². The highest BCUT2D eigenvalue weighted by Crippen LogP contribution is 2.23. The van der Waals surface area contributed by atoms with Crippen molar-refractivity contribution in [1.29, 1.82) is 0 Å². The molecule has 0 spiro atoms. The van der Waals surface area contributed by atoms with Gasteiger partial charge in [-0.05, 0) is 6.92 Å². The van der Waals surface area contributed by atoms with Crippen LogP contribution in [0.25, 0.3) is 0 Å². The van der Waals surface area contributed by atoms with Gasteiger partial charge in [0.25, 0.3) is 0 Å². The molecule has 0 saturated heterocycles. The third-order valence-corrected chi connectivity index (χ3v) is 0.750. The van der Waals surface area contributed by atoms with Crippen molar-refractivity contribution in [3.8, 4) is 12.3 Å². The Morgan fingerprint density at radius 3 is 2.00 bits per heavy atom. The van der Waals surface area contributed by atoms with E-state index < -0.39 is 11.7 Å². The zero-order valence-electron chi connectivity index (χ0n) is 4.79. The Bertz CT molecular complexity index is 156. The highest BCUT2D eigenvalue weighted by Gasteiger charge is 2.31. The number of hydrogen-bond acceptors (Lipinski definition) is 0. The fraction of sp³-hybridized carbons (Fsp3) is 0.333. The van der Waals surface area contributed by atoms with E-state index in [9.17, 15) is 13.2 Å². The first-order valence-corrected chi connectivity index (χ1v) is 2.22. The first-order chi connectivity index (χ1) is 4.02. The molecule has 0 saturated carbocycles. The van der Waals surface area contributed by atoms with Crippen molar-refractivity contribution in [2.75, 3.05) is 0 Å². The Hall–Kier alpha value is -0.910. The molecular formula is C6H5F3. The number of allylic oxidation sites excluding steroid dienone is 2. The van der Waals surface area contributed by atoms with E-state index in [1.165, 1.54) is 12.8 Å². The van der Waals surface area contributed by atoms with Crippen molar-refractivity contribution in [2.24, 2.45) is 0 Å². The van der Waals surface area contributed by atoms with Crippen LogP contribution in [-0.2, 0) is 0 Å². The lowest BCUT2D eigenvalue weighted by atomic mass is 10.3. The molecule has 0 radical (unpaired) electrons. The van der Waals surface area contributed by atoms with Crippen molar-refractivity contribution in [1.82, 2.24) is 0 Å². The summed E-state index contributed by atoms with van der Waals surface area (Å²) in [5, 5.41) is 0. The molecule has 0 nitrogen and oxygen atoms in total. The topological polar surface area (TPSA) is 0 Å². The number of halogens is 3. The van der Waals surface area contributed by atoms with E-state index in [0.717, 1.165) is 6.08 Å². The zero-order chi connectivity index (χ0) is 7.49. The van der Waals surface area contributed by atoms with Gasteiger partial charge in [-0.2, -0.15) is 13.2 Å². The van der Waals surface area contributed by atoms with Crippen LogP contribution in [0.1, 0.15) is 6.92 Å². The fourth-order valence-electron chi connectivity index (χ4n) is 0.329. The third-order valence-electron chi connectivity index (χ3n) is 0.750. The van der Waals surface area contributed by atoms with Crippen LogP contribution in [0.5, 0.6) is 0 Å². The molecule has 0 aromatic heterocycles. The Labute approximate surface area is 51.4 Å². The molecule has 0 aromatic carbocycles. The summed E-state index contributed by atoms with van der Waals surface area (Å²) in [6, 6.07) is 0. The number of alkyl halides is 3. The molecule has 0 aliphatic carbocycles. The SMILES string of the molecule is C#C/C(=C\C)C(F)(F)F. The maximum Gasteiger partial charge on any atom is 0.423 e. The van der Waals surface area contributed by atoms with Gasteiger partial charge in [-0.3, -0.25) is 0 Å². The molecule has 0 aromatic rings. The lowest BCUT2D eigenvalue weighted by molar-refractivity contribution is -0.0872. The number of rotatable bonds is 0. The molecular weight excluding hydrogens is 129 g/mol. The molecule has 0 amide bonds. The summed E-state index contributed by atoms with van der Waals surface area (Å²) in [5.41, 5.74) is -0.928. The van der Waals surface area contributed by atoms with Crippen LogP contribution < -0.4 is 0 Å². The van der Waals surface area contributed by atoms with Gasteiger partial charge >= 0.3 is 6.18 Å². The highest BCUT2D eigenvalue weighted by atomic mass is 19.4. The monoisotopic (exact) mass is 134 g/mol. The molecule has 3 heteroatoms. The molecule has 0 aliphatic heterocycles. The lowest BCUT2D eigenvalue weighted by Gasteiger charge is -2.02. The Balaban J connectivity index is 4.39. The van der Waals surface area contributed by atoms with Crippen LogP contribution in [0, 0.1) is 12.3 Å². The van der Waals surface area contributed by atoms with Gasteiger partial charge in [-0.15, -0.1) is 6.42 Å².